The Morgan fingerprint density at radius 3 is 2.52 bits per heavy atom. The molecular weight excluding hydrogens is 332 g/mol. The van der Waals surface area contributed by atoms with Gasteiger partial charge in [0.25, 0.3) is 0 Å². The van der Waals surface area contributed by atoms with Crippen LogP contribution in [-0.4, -0.2) is 11.9 Å². The van der Waals surface area contributed by atoms with Crippen molar-refractivity contribution in [3.8, 4) is 5.75 Å². The number of nitrogens with zero attached hydrogens (tertiary/aromatic N) is 1. The van der Waals surface area contributed by atoms with Gasteiger partial charge in [0.2, 0.25) is 5.72 Å². The SMILES string of the molecule is Cc1ccc2c3c(ccc2c1)N=CC1(Nc2cc(C)c(C)cc2C1(C)C)O3. The third kappa shape index (κ3) is 2.11. The van der Waals surface area contributed by atoms with E-state index in [0.29, 0.717) is 0 Å². The van der Waals surface area contributed by atoms with Gasteiger partial charge in [-0.1, -0.05) is 35.9 Å². The second-order valence-corrected chi connectivity index (χ2v) is 8.47. The summed E-state index contributed by atoms with van der Waals surface area (Å²) >= 11 is 0. The van der Waals surface area contributed by atoms with Gasteiger partial charge >= 0.3 is 0 Å². The van der Waals surface area contributed by atoms with Gasteiger partial charge in [0.05, 0.1) is 11.6 Å². The van der Waals surface area contributed by atoms with E-state index >= 15 is 0 Å². The smallest absolute Gasteiger partial charge is 0.226 e. The molecule has 1 atom stereocenters. The summed E-state index contributed by atoms with van der Waals surface area (Å²) in [4.78, 5) is 4.81. The minimum atomic E-state index is -0.693. The van der Waals surface area contributed by atoms with Crippen molar-refractivity contribution < 1.29 is 4.74 Å². The van der Waals surface area contributed by atoms with Crippen LogP contribution in [0, 0.1) is 20.8 Å². The highest BCUT2D eigenvalue weighted by Gasteiger charge is 2.55. The first kappa shape index (κ1) is 16.4. The Kier molecular flexibility index (Phi) is 3.11. The Hall–Kier alpha value is -2.81. The molecule has 0 aliphatic carbocycles. The summed E-state index contributed by atoms with van der Waals surface area (Å²) in [5, 5.41) is 5.94. The quantitative estimate of drug-likeness (QED) is 0.539. The fraction of sp³-hybridized carbons (Fsp3) is 0.292. The van der Waals surface area contributed by atoms with Gasteiger partial charge in [0.1, 0.15) is 5.69 Å². The predicted molar refractivity (Wildman–Crippen MR) is 113 cm³/mol. The molecule has 27 heavy (non-hydrogen) atoms. The van der Waals surface area contributed by atoms with Crippen LogP contribution in [0.25, 0.3) is 10.8 Å². The predicted octanol–water partition coefficient (Wildman–Crippen LogP) is 5.96. The van der Waals surface area contributed by atoms with Crippen molar-refractivity contribution in [1.82, 2.24) is 0 Å². The van der Waals surface area contributed by atoms with Crippen molar-refractivity contribution in [2.75, 3.05) is 5.32 Å². The number of aryl methyl sites for hydroxylation is 3. The van der Waals surface area contributed by atoms with Crippen molar-refractivity contribution in [2.45, 2.75) is 45.8 Å². The summed E-state index contributed by atoms with van der Waals surface area (Å²) in [6, 6.07) is 15.1. The molecule has 3 heteroatoms. The highest BCUT2D eigenvalue weighted by atomic mass is 16.5. The van der Waals surface area contributed by atoms with Crippen LogP contribution in [0.2, 0.25) is 0 Å². The Morgan fingerprint density at radius 2 is 1.70 bits per heavy atom. The average molecular weight is 356 g/mol. The molecule has 1 spiro atoms. The number of fused-ring (bicyclic) bond motifs is 4. The summed E-state index contributed by atoms with van der Waals surface area (Å²) in [6.07, 6.45) is 1.94. The van der Waals surface area contributed by atoms with Crippen molar-refractivity contribution in [1.29, 1.82) is 0 Å². The Morgan fingerprint density at radius 1 is 0.926 bits per heavy atom. The monoisotopic (exact) mass is 356 g/mol. The molecule has 3 aromatic rings. The number of ether oxygens (including phenoxy) is 1. The van der Waals surface area contributed by atoms with E-state index in [1.165, 1.54) is 27.6 Å². The minimum Gasteiger partial charge on any atom is -0.459 e. The number of hydrogen-bond donors (Lipinski definition) is 1. The lowest BCUT2D eigenvalue weighted by Gasteiger charge is -2.41. The van der Waals surface area contributed by atoms with Gasteiger partial charge in [0.15, 0.2) is 5.75 Å². The molecule has 2 heterocycles. The summed E-state index contributed by atoms with van der Waals surface area (Å²) in [6.45, 7) is 10.9. The van der Waals surface area contributed by atoms with Crippen LogP contribution in [0.15, 0.2) is 47.5 Å². The zero-order valence-corrected chi connectivity index (χ0v) is 16.5. The van der Waals surface area contributed by atoms with Gasteiger partial charge in [0, 0.05) is 11.1 Å². The fourth-order valence-electron chi connectivity index (χ4n) is 4.31. The second-order valence-electron chi connectivity index (χ2n) is 8.47. The van der Waals surface area contributed by atoms with E-state index in [-0.39, 0.29) is 5.41 Å². The molecule has 0 fully saturated rings. The van der Waals surface area contributed by atoms with Gasteiger partial charge in [-0.3, -0.25) is 4.99 Å². The van der Waals surface area contributed by atoms with Crippen molar-refractivity contribution >= 4 is 28.4 Å². The van der Waals surface area contributed by atoms with Crippen LogP contribution >= 0.6 is 0 Å². The molecule has 0 bridgehead atoms. The highest BCUT2D eigenvalue weighted by Crippen LogP contribution is 2.52. The maximum absolute atomic E-state index is 6.75. The highest BCUT2D eigenvalue weighted by molar-refractivity contribution is 5.97. The summed E-state index contributed by atoms with van der Waals surface area (Å²) in [5.41, 5.74) is 6.17. The van der Waals surface area contributed by atoms with Crippen LogP contribution in [0.5, 0.6) is 5.75 Å². The molecule has 136 valence electrons. The van der Waals surface area contributed by atoms with Crippen LogP contribution in [0.1, 0.15) is 36.1 Å². The van der Waals surface area contributed by atoms with E-state index in [4.69, 9.17) is 9.73 Å². The fourth-order valence-corrected chi connectivity index (χ4v) is 4.31. The summed E-state index contributed by atoms with van der Waals surface area (Å²) in [5.74, 6) is 0.858. The molecule has 1 N–H and O–H groups in total. The van der Waals surface area contributed by atoms with Crippen molar-refractivity contribution in [3.63, 3.8) is 0 Å². The maximum atomic E-state index is 6.75. The van der Waals surface area contributed by atoms with E-state index in [1.807, 2.05) is 12.3 Å². The van der Waals surface area contributed by atoms with Gasteiger partial charge in [-0.05, 0) is 68.8 Å². The van der Waals surface area contributed by atoms with Gasteiger partial charge in [-0.2, -0.15) is 0 Å². The van der Waals surface area contributed by atoms with E-state index in [1.54, 1.807) is 0 Å². The van der Waals surface area contributed by atoms with Crippen molar-refractivity contribution in [2.24, 2.45) is 4.99 Å². The van der Waals surface area contributed by atoms with Gasteiger partial charge < -0.3 is 10.1 Å². The number of benzene rings is 3. The molecule has 0 saturated carbocycles. The third-order valence-corrected chi connectivity index (χ3v) is 6.31. The minimum absolute atomic E-state index is 0.255. The lowest BCUT2D eigenvalue weighted by Crippen LogP contribution is -2.56. The zero-order valence-electron chi connectivity index (χ0n) is 16.5. The molecule has 3 nitrogen and oxygen atoms in total. The molecule has 3 aromatic carbocycles. The Bertz CT molecular complexity index is 1140. The van der Waals surface area contributed by atoms with Crippen LogP contribution < -0.4 is 10.1 Å². The molecule has 0 amide bonds. The summed E-state index contributed by atoms with van der Waals surface area (Å²) < 4.78 is 6.75. The maximum Gasteiger partial charge on any atom is 0.226 e. The molecule has 1 unspecified atom stereocenters. The number of aliphatic imine (C=N–C) groups is 1. The first-order valence-electron chi connectivity index (χ1n) is 9.48. The molecule has 5 rings (SSSR count). The number of hydrogen-bond acceptors (Lipinski definition) is 3. The second kappa shape index (κ2) is 5.13. The molecule has 0 saturated heterocycles. The van der Waals surface area contributed by atoms with Gasteiger partial charge in [-0.25, -0.2) is 0 Å². The largest absolute Gasteiger partial charge is 0.459 e. The zero-order chi connectivity index (χ0) is 19.0. The van der Waals surface area contributed by atoms with Crippen LogP contribution in [-0.2, 0) is 5.41 Å². The Balaban J connectivity index is 1.69. The van der Waals surface area contributed by atoms with Crippen LogP contribution in [0.3, 0.4) is 0 Å². The van der Waals surface area contributed by atoms with E-state index < -0.39 is 5.72 Å². The lowest BCUT2D eigenvalue weighted by atomic mass is 9.77. The molecule has 2 aliphatic rings. The van der Waals surface area contributed by atoms with E-state index in [2.05, 4.69) is 76.3 Å². The van der Waals surface area contributed by atoms with Gasteiger partial charge in [-0.15, -0.1) is 0 Å². The molecular formula is C24H24N2O. The lowest BCUT2D eigenvalue weighted by molar-refractivity contribution is 0.108. The van der Waals surface area contributed by atoms with E-state index in [0.717, 1.165) is 22.5 Å². The van der Waals surface area contributed by atoms with E-state index in [9.17, 15) is 0 Å². The topological polar surface area (TPSA) is 33.6 Å². The average Bonchev–Trinajstić information content (AvgIpc) is 2.82. The summed E-state index contributed by atoms with van der Waals surface area (Å²) in [7, 11) is 0. The molecule has 2 aliphatic heterocycles. The Labute approximate surface area is 160 Å². The molecule has 0 aromatic heterocycles. The standard InChI is InChI=1S/C24H24N2O/c1-14-6-8-18-17(10-14)7-9-20-22(18)27-24(13-25-20)23(4,5)19-11-15(2)16(3)12-21(19)26-24/h6-13,26H,1-5H3. The number of rotatable bonds is 0. The first-order valence-corrected chi connectivity index (χ1v) is 9.48. The molecule has 0 radical (unpaired) electrons. The van der Waals surface area contributed by atoms with Crippen LogP contribution in [0.4, 0.5) is 11.4 Å². The third-order valence-electron chi connectivity index (χ3n) is 6.31. The number of anilines is 1. The van der Waals surface area contributed by atoms with Crippen molar-refractivity contribution in [3.05, 3.63) is 64.7 Å². The normalized spacial score (nSPS) is 21.7. The number of nitrogens with one attached hydrogen (secondary N) is 1. The first-order chi connectivity index (χ1) is 12.8.